The number of amides is 2. The number of nitrogens with zero attached hydrogens (tertiary/aromatic N) is 1. The zero-order valence-electron chi connectivity index (χ0n) is 24.6. The van der Waals surface area contributed by atoms with E-state index < -0.39 is 8.32 Å². The van der Waals surface area contributed by atoms with E-state index >= 15 is 0 Å². The maximum Gasteiger partial charge on any atom is 0.315 e. The molecule has 6 heteroatoms. The Bertz CT molecular complexity index is 1080. The van der Waals surface area contributed by atoms with Gasteiger partial charge in [0.25, 0.3) is 0 Å². The van der Waals surface area contributed by atoms with E-state index in [1.54, 1.807) is 0 Å². The molecule has 3 aromatic rings. The lowest BCUT2D eigenvalue weighted by molar-refractivity contribution is 0.191. The Hall–Kier alpha value is -2.93. The van der Waals surface area contributed by atoms with Crippen molar-refractivity contribution < 1.29 is 9.22 Å². The van der Waals surface area contributed by atoms with Gasteiger partial charge in [0.1, 0.15) is 0 Å². The standard InChI is InChI=1S/C33H47N3O2Si/c1-27(30-20-14-9-15-21-30)34-32(37)35-31(22-23-38-39(5,6)33(2,3)4)26-36(24-28-16-10-7-11-17-28)25-29-18-12-8-13-19-29/h7-21,27,31H,22-26H2,1-6H3,(H2,34,35,37)/t27-,31+/m0/s1. The summed E-state index contributed by atoms with van der Waals surface area (Å²) in [5.74, 6) is 0. The van der Waals surface area contributed by atoms with Crippen LogP contribution >= 0.6 is 0 Å². The van der Waals surface area contributed by atoms with E-state index in [9.17, 15) is 4.79 Å². The number of hydrogen-bond donors (Lipinski definition) is 2. The van der Waals surface area contributed by atoms with E-state index in [1.807, 2.05) is 49.4 Å². The normalized spacial score (nSPS) is 13.6. The summed E-state index contributed by atoms with van der Waals surface area (Å²) < 4.78 is 6.52. The maximum absolute atomic E-state index is 13.2. The van der Waals surface area contributed by atoms with Gasteiger partial charge in [-0.15, -0.1) is 0 Å². The summed E-state index contributed by atoms with van der Waals surface area (Å²) in [7, 11) is -1.89. The molecule has 0 saturated carbocycles. The Kier molecular flexibility index (Phi) is 11.3. The van der Waals surface area contributed by atoms with E-state index in [0.29, 0.717) is 6.61 Å². The van der Waals surface area contributed by atoms with Crippen molar-refractivity contribution in [3.05, 3.63) is 108 Å². The minimum atomic E-state index is -1.89. The van der Waals surface area contributed by atoms with E-state index in [-0.39, 0.29) is 23.2 Å². The van der Waals surface area contributed by atoms with Crippen molar-refractivity contribution in [1.82, 2.24) is 15.5 Å². The summed E-state index contributed by atoms with van der Waals surface area (Å²) >= 11 is 0. The van der Waals surface area contributed by atoms with Gasteiger partial charge in [0.05, 0.1) is 6.04 Å². The lowest BCUT2D eigenvalue weighted by atomic mass is 10.1. The fourth-order valence-electron chi connectivity index (χ4n) is 4.31. The molecule has 0 aromatic heterocycles. The lowest BCUT2D eigenvalue weighted by Crippen LogP contribution is -2.49. The number of carbonyl (C=O) groups excluding carboxylic acids is 1. The molecule has 2 amide bonds. The number of hydrogen-bond acceptors (Lipinski definition) is 3. The number of nitrogens with one attached hydrogen (secondary N) is 2. The number of benzene rings is 3. The zero-order valence-corrected chi connectivity index (χ0v) is 25.6. The van der Waals surface area contributed by atoms with E-state index in [0.717, 1.165) is 31.6 Å². The highest BCUT2D eigenvalue weighted by molar-refractivity contribution is 6.74. The Labute approximate surface area is 237 Å². The van der Waals surface area contributed by atoms with E-state index in [4.69, 9.17) is 4.43 Å². The molecule has 210 valence electrons. The first kappa shape index (κ1) is 30.6. The molecule has 0 spiro atoms. The smallest absolute Gasteiger partial charge is 0.315 e. The van der Waals surface area contributed by atoms with Gasteiger partial charge >= 0.3 is 6.03 Å². The number of rotatable bonds is 13. The van der Waals surface area contributed by atoms with Crippen LogP contribution in [-0.4, -0.2) is 38.4 Å². The summed E-state index contributed by atoms with van der Waals surface area (Å²) in [5.41, 5.74) is 3.60. The van der Waals surface area contributed by atoms with Crippen LogP contribution in [0.15, 0.2) is 91.0 Å². The van der Waals surface area contributed by atoms with Gasteiger partial charge in [-0.3, -0.25) is 4.90 Å². The maximum atomic E-state index is 13.2. The Balaban J connectivity index is 1.74. The minimum Gasteiger partial charge on any atom is -0.417 e. The molecule has 0 bridgehead atoms. The lowest BCUT2D eigenvalue weighted by Gasteiger charge is -2.37. The highest BCUT2D eigenvalue weighted by Crippen LogP contribution is 2.36. The first-order valence-corrected chi connectivity index (χ1v) is 17.0. The van der Waals surface area contributed by atoms with Crippen molar-refractivity contribution >= 4 is 14.3 Å². The summed E-state index contributed by atoms with van der Waals surface area (Å²) in [6.45, 7) is 16.3. The van der Waals surface area contributed by atoms with Crippen molar-refractivity contribution in [2.75, 3.05) is 13.2 Å². The highest BCUT2D eigenvalue weighted by Gasteiger charge is 2.37. The largest absolute Gasteiger partial charge is 0.417 e. The topological polar surface area (TPSA) is 53.6 Å². The van der Waals surface area contributed by atoms with Crippen LogP contribution in [0.4, 0.5) is 4.79 Å². The molecular formula is C33H47N3O2Si. The van der Waals surface area contributed by atoms with Crippen molar-refractivity contribution in [2.45, 2.75) is 77.4 Å². The molecule has 2 atom stereocenters. The van der Waals surface area contributed by atoms with Crippen LogP contribution < -0.4 is 10.6 Å². The molecule has 0 heterocycles. The predicted molar refractivity (Wildman–Crippen MR) is 165 cm³/mol. The molecule has 0 saturated heterocycles. The van der Waals surface area contributed by atoms with Crippen LogP contribution in [0.1, 0.15) is 56.8 Å². The van der Waals surface area contributed by atoms with Gasteiger partial charge in [0, 0.05) is 32.3 Å². The molecule has 5 nitrogen and oxygen atoms in total. The third-order valence-corrected chi connectivity index (χ3v) is 12.2. The highest BCUT2D eigenvalue weighted by atomic mass is 28.4. The molecule has 0 aliphatic rings. The number of carbonyl (C=O) groups is 1. The fourth-order valence-corrected chi connectivity index (χ4v) is 5.37. The second kappa shape index (κ2) is 14.5. The van der Waals surface area contributed by atoms with Crippen molar-refractivity contribution in [3.8, 4) is 0 Å². The molecule has 0 aliphatic heterocycles. The van der Waals surface area contributed by atoms with Crippen LogP contribution in [0, 0.1) is 0 Å². The molecule has 39 heavy (non-hydrogen) atoms. The van der Waals surface area contributed by atoms with Gasteiger partial charge in [-0.1, -0.05) is 112 Å². The first-order valence-electron chi connectivity index (χ1n) is 14.1. The Morgan fingerprint density at radius 2 is 1.31 bits per heavy atom. The van der Waals surface area contributed by atoms with Gasteiger partial charge in [0.2, 0.25) is 0 Å². The summed E-state index contributed by atoms with van der Waals surface area (Å²) in [6, 6.07) is 30.8. The third-order valence-electron chi connectivity index (χ3n) is 7.69. The molecule has 3 aromatic carbocycles. The average Bonchev–Trinajstić information content (AvgIpc) is 2.89. The number of urea groups is 1. The van der Waals surface area contributed by atoms with Gasteiger partial charge in [-0.25, -0.2) is 4.79 Å². The first-order chi connectivity index (χ1) is 18.5. The Morgan fingerprint density at radius 3 is 1.79 bits per heavy atom. The van der Waals surface area contributed by atoms with E-state index in [1.165, 1.54) is 11.1 Å². The van der Waals surface area contributed by atoms with Crippen molar-refractivity contribution in [2.24, 2.45) is 0 Å². The van der Waals surface area contributed by atoms with Crippen molar-refractivity contribution in [3.63, 3.8) is 0 Å². The van der Waals surface area contributed by atoms with Crippen LogP contribution in [0.25, 0.3) is 0 Å². The summed E-state index contributed by atoms with van der Waals surface area (Å²) in [6.07, 6.45) is 0.750. The van der Waals surface area contributed by atoms with E-state index in [2.05, 4.69) is 97.9 Å². The van der Waals surface area contributed by atoms with Gasteiger partial charge in [0.15, 0.2) is 8.32 Å². The molecule has 0 unspecified atom stereocenters. The quantitative estimate of drug-likeness (QED) is 0.218. The fraction of sp³-hybridized carbons (Fsp3) is 0.424. The molecule has 2 N–H and O–H groups in total. The molecule has 0 radical (unpaired) electrons. The van der Waals surface area contributed by atoms with Crippen molar-refractivity contribution in [1.29, 1.82) is 0 Å². The van der Waals surface area contributed by atoms with Gasteiger partial charge in [-0.05, 0) is 48.2 Å². The minimum absolute atomic E-state index is 0.0647. The van der Waals surface area contributed by atoms with Gasteiger partial charge < -0.3 is 15.1 Å². The average molecular weight is 546 g/mol. The van der Waals surface area contributed by atoms with Crippen LogP contribution in [0.3, 0.4) is 0 Å². The predicted octanol–water partition coefficient (Wildman–Crippen LogP) is 7.53. The monoisotopic (exact) mass is 545 g/mol. The zero-order chi connectivity index (χ0) is 28.3. The summed E-state index contributed by atoms with van der Waals surface area (Å²) in [4.78, 5) is 15.6. The van der Waals surface area contributed by atoms with Crippen LogP contribution in [0.2, 0.25) is 18.1 Å². The van der Waals surface area contributed by atoms with Gasteiger partial charge in [-0.2, -0.15) is 0 Å². The van der Waals surface area contributed by atoms with Crippen LogP contribution in [-0.2, 0) is 17.5 Å². The second-order valence-electron chi connectivity index (χ2n) is 12.0. The molecular weight excluding hydrogens is 498 g/mol. The molecule has 3 rings (SSSR count). The SMILES string of the molecule is C[C@H](NC(=O)N[C@H](CCO[Si](C)(C)C(C)(C)C)CN(Cc1ccccc1)Cc1ccccc1)c1ccccc1. The Morgan fingerprint density at radius 1 is 0.821 bits per heavy atom. The molecule has 0 fully saturated rings. The van der Waals surface area contributed by atoms with Crippen LogP contribution in [0.5, 0.6) is 0 Å². The summed E-state index contributed by atoms with van der Waals surface area (Å²) in [5, 5.41) is 6.56. The second-order valence-corrected chi connectivity index (χ2v) is 16.8. The third kappa shape index (κ3) is 10.3. The molecule has 0 aliphatic carbocycles.